The highest BCUT2D eigenvalue weighted by Gasteiger charge is 2.11. The topological polar surface area (TPSA) is 58.7 Å². The summed E-state index contributed by atoms with van der Waals surface area (Å²) in [5, 5.41) is 13.3. The zero-order valence-electron chi connectivity index (χ0n) is 10.6. The fourth-order valence-corrected chi connectivity index (χ4v) is 1.90. The van der Waals surface area contributed by atoms with Crippen LogP contribution in [-0.4, -0.2) is 9.78 Å². The number of nitrogens with zero attached hydrogens (tertiary/aromatic N) is 3. The van der Waals surface area contributed by atoms with Gasteiger partial charge in [0.15, 0.2) is 0 Å². The molecule has 0 spiro atoms. The lowest BCUT2D eigenvalue weighted by Gasteiger charge is -2.08. The summed E-state index contributed by atoms with van der Waals surface area (Å²) in [6.07, 6.45) is 0. The number of hydrogen-bond donors (Lipinski definition) is 0. The molecule has 0 aliphatic heterocycles. The first-order valence-electron chi connectivity index (χ1n) is 5.59. The van der Waals surface area contributed by atoms with Crippen LogP contribution < -0.4 is 5.56 Å². The van der Waals surface area contributed by atoms with Crippen LogP contribution in [0.3, 0.4) is 0 Å². The van der Waals surface area contributed by atoms with Crippen molar-refractivity contribution < 1.29 is 0 Å². The van der Waals surface area contributed by atoms with Gasteiger partial charge in [-0.05, 0) is 19.4 Å². The second-order valence-corrected chi connectivity index (χ2v) is 4.30. The van der Waals surface area contributed by atoms with Crippen molar-refractivity contribution in [1.82, 2.24) is 9.78 Å². The Morgan fingerprint density at radius 2 is 2.00 bits per heavy atom. The van der Waals surface area contributed by atoms with Crippen LogP contribution >= 0.6 is 0 Å². The minimum atomic E-state index is -0.278. The number of rotatable bonds is 1. The van der Waals surface area contributed by atoms with Crippen molar-refractivity contribution in [2.45, 2.75) is 13.8 Å². The molecule has 90 valence electrons. The van der Waals surface area contributed by atoms with Gasteiger partial charge in [-0.25, -0.2) is 4.68 Å². The monoisotopic (exact) mass is 239 g/mol. The molecule has 18 heavy (non-hydrogen) atoms. The Morgan fingerprint density at radius 1 is 1.28 bits per heavy atom. The highest BCUT2D eigenvalue weighted by atomic mass is 16.1. The van der Waals surface area contributed by atoms with E-state index in [0.717, 1.165) is 16.7 Å². The summed E-state index contributed by atoms with van der Waals surface area (Å²) >= 11 is 0. The van der Waals surface area contributed by atoms with Crippen molar-refractivity contribution in [1.29, 1.82) is 5.26 Å². The Labute approximate surface area is 105 Å². The molecule has 0 aliphatic rings. The van der Waals surface area contributed by atoms with Crippen molar-refractivity contribution in [2.75, 3.05) is 0 Å². The van der Waals surface area contributed by atoms with Crippen molar-refractivity contribution in [3.8, 4) is 17.3 Å². The van der Waals surface area contributed by atoms with Crippen LogP contribution in [-0.2, 0) is 7.05 Å². The molecule has 4 heteroatoms. The third kappa shape index (κ3) is 2.03. The average molecular weight is 239 g/mol. The van der Waals surface area contributed by atoms with Crippen LogP contribution in [0.5, 0.6) is 0 Å². The first-order valence-corrected chi connectivity index (χ1v) is 5.59. The van der Waals surface area contributed by atoms with Crippen molar-refractivity contribution in [2.24, 2.45) is 7.05 Å². The Morgan fingerprint density at radius 3 is 2.61 bits per heavy atom. The summed E-state index contributed by atoms with van der Waals surface area (Å²) in [6, 6.07) is 9.28. The van der Waals surface area contributed by atoms with E-state index in [0.29, 0.717) is 11.3 Å². The standard InChI is InChI=1S/C14H13N3O/c1-9-4-5-12(10(2)6-9)14-11(8-15)7-13(18)17(3)16-14/h4-7H,1-3H3. The fourth-order valence-electron chi connectivity index (χ4n) is 1.90. The van der Waals surface area contributed by atoms with Gasteiger partial charge in [0.25, 0.3) is 5.56 Å². The van der Waals surface area contributed by atoms with E-state index in [1.807, 2.05) is 38.1 Å². The van der Waals surface area contributed by atoms with Gasteiger partial charge < -0.3 is 0 Å². The predicted octanol–water partition coefficient (Wildman–Crippen LogP) is 1.94. The molecule has 0 saturated carbocycles. The normalized spacial score (nSPS) is 10.1. The average Bonchev–Trinajstić information content (AvgIpc) is 2.32. The van der Waals surface area contributed by atoms with Gasteiger partial charge in [0.05, 0.1) is 5.56 Å². The molecule has 2 aromatic rings. The van der Waals surface area contributed by atoms with Gasteiger partial charge in [-0.2, -0.15) is 10.4 Å². The second-order valence-electron chi connectivity index (χ2n) is 4.30. The van der Waals surface area contributed by atoms with Crippen LogP contribution in [0.25, 0.3) is 11.3 Å². The first-order chi connectivity index (χ1) is 8.52. The van der Waals surface area contributed by atoms with Gasteiger partial charge in [-0.1, -0.05) is 23.8 Å². The molecule has 1 heterocycles. The van der Waals surface area contributed by atoms with E-state index >= 15 is 0 Å². The highest BCUT2D eigenvalue weighted by Crippen LogP contribution is 2.24. The van der Waals surface area contributed by atoms with Crippen LogP contribution in [0.2, 0.25) is 0 Å². The summed E-state index contributed by atoms with van der Waals surface area (Å²) in [5.74, 6) is 0. The maximum atomic E-state index is 11.5. The maximum Gasteiger partial charge on any atom is 0.267 e. The highest BCUT2D eigenvalue weighted by molar-refractivity contribution is 5.69. The minimum absolute atomic E-state index is 0.278. The van der Waals surface area contributed by atoms with Crippen LogP contribution in [0, 0.1) is 25.2 Å². The summed E-state index contributed by atoms with van der Waals surface area (Å²) in [6.45, 7) is 3.98. The summed E-state index contributed by atoms with van der Waals surface area (Å²) < 4.78 is 1.25. The Balaban J connectivity index is 2.75. The van der Waals surface area contributed by atoms with Gasteiger partial charge in [0, 0.05) is 18.7 Å². The molecule has 0 N–H and O–H groups in total. The SMILES string of the molecule is Cc1ccc(-c2nn(C)c(=O)cc2C#N)c(C)c1. The van der Waals surface area contributed by atoms with Gasteiger partial charge in [0.1, 0.15) is 11.8 Å². The third-order valence-electron chi connectivity index (χ3n) is 2.85. The quantitative estimate of drug-likeness (QED) is 0.764. The molecular formula is C14H13N3O. The van der Waals surface area contributed by atoms with Crippen molar-refractivity contribution in [3.63, 3.8) is 0 Å². The van der Waals surface area contributed by atoms with Gasteiger partial charge in [0.2, 0.25) is 0 Å². The lowest BCUT2D eigenvalue weighted by atomic mass is 10.0. The number of nitriles is 1. The zero-order chi connectivity index (χ0) is 13.3. The molecule has 0 aliphatic carbocycles. The number of hydrogen-bond acceptors (Lipinski definition) is 3. The second kappa shape index (κ2) is 4.46. The summed E-state index contributed by atoms with van der Waals surface area (Å²) in [7, 11) is 1.58. The van der Waals surface area contributed by atoms with Crippen LogP contribution in [0.4, 0.5) is 0 Å². The number of benzene rings is 1. The molecule has 0 radical (unpaired) electrons. The minimum Gasteiger partial charge on any atom is -0.268 e. The van der Waals surface area contributed by atoms with Crippen LogP contribution in [0.1, 0.15) is 16.7 Å². The lowest BCUT2D eigenvalue weighted by molar-refractivity contribution is 0.710. The first kappa shape index (κ1) is 12.1. The van der Waals surface area contributed by atoms with E-state index in [1.165, 1.54) is 10.7 Å². The van der Waals surface area contributed by atoms with E-state index in [1.54, 1.807) is 7.05 Å². The van der Waals surface area contributed by atoms with Crippen molar-refractivity contribution >= 4 is 0 Å². The number of aromatic nitrogens is 2. The van der Waals surface area contributed by atoms with E-state index in [9.17, 15) is 4.79 Å². The molecule has 0 amide bonds. The van der Waals surface area contributed by atoms with E-state index in [4.69, 9.17) is 5.26 Å². The molecule has 2 rings (SSSR count). The third-order valence-corrected chi connectivity index (χ3v) is 2.85. The van der Waals surface area contributed by atoms with Gasteiger partial charge in [-0.15, -0.1) is 0 Å². The lowest BCUT2D eigenvalue weighted by Crippen LogP contribution is -2.20. The van der Waals surface area contributed by atoms with Crippen LogP contribution in [0.15, 0.2) is 29.1 Å². The van der Waals surface area contributed by atoms with E-state index < -0.39 is 0 Å². The largest absolute Gasteiger partial charge is 0.268 e. The Kier molecular flexibility index (Phi) is 2.99. The molecule has 0 bridgehead atoms. The molecule has 0 unspecified atom stereocenters. The van der Waals surface area contributed by atoms with Gasteiger partial charge >= 0.3 is 0 Å². The number of aryl methyl sites for hydroxylation is 3. The Bertz CT molecular complexity index is 708. The molecule has 0 fully saturated rings. The molecule has 0 saturated heterocycles. The smallest absolute Gasteiger partial charge is 0.267 e. The fraction of sp³-hybridized carbons (Fsp3) is 0.214. The maximum absolute atomic E-state index is 11.5. The molecule has 0 atom stereocenters. The molecule has 4 nitrogen and oxygen atoms in total. The zero-order valence-corrected chi connectivity index (χ0v) is 10.6. The van der Waals surface area contributed by atoms with E-state index in [2.05, 4.69) is 5.10 Å². The molecule has 1 aromatic heterocycles. The van der Waals surface area contributed by atoms with E-state index in [-0.39, 0.29) is 5.56 Å². The summed E-state index contributed by atoms with van der Waals surface area (Å²) in [4.78, 5) is 11.5. The molecule has 1 aromatic carbocycles. The van der Waals surface area contributed by atoms with Crippen molar-refractivity contribution in [3.05, 3.63) is 51.3 Å². The van der Waals surface area contributed by atoms with Gasteiger partial charge in [-0.3, -0.25) is 4.79 Å². The predicted molar refractivity (Wildman–Crippen MR) is 69.1 cm³/mol. The summed E-state index contributed by atoms with van der Waals surface area (Å²) in [5.41, 5.74) is 3.66. The molecular weight excluding hydrogens is 226 g/mol. The Hall–Kier alpha value is -2.41.